The molecule has 0 aromatic heterocycles. The largest absolute Gasteiger partial charge is 0.489 e. The lowest BCUT2D eigenvalue weighted by atomic mass is 10.0. The maximum atomic E-state index is 12.8. The molecule has 3 N–H and O–H groups in total. The molecule has 0 saturated heterocycles. The molecular formula is C26H27N3O2. The number of rotatable bonds is 7. The second kappa shape index (κ2) is 9.96. The Kier molecular flexibility index (Phi) is 6.65. The summed E-state index contributed by atoms with van der Waals surface area (Å²) >= 11 is 0. The normalized spacial score (nSPS) is 14.3. The second-order valence-corrected chi connectivity index (χ2v) is 7.71. The Bertz CT molecular complexity index is 1050. The lowest BCUT2D eigenvalue weighted by Gasteiger charge is -2.28. The fourth-order valence-corrected chi connectivity index (χ4v) is 3.69. The zero-order chi connectivity index (χ0) is 21.5. The Morgan fingerprint density at radius 2 is 1.65 bits per heavy atom. The molecule has 0 atom stereocenters. The highest BCUT2D eigenvalue weighted by atomic mass is 16.5. The van der Waals surface area contributed by atoms with Crippen molar-refractivity contribution in [1.29, 1.82) is 0 Å². The van der Waals surface area contributed by atoms with Crippen molar-refractivity contribution >= 4 is 11.6 Å². The molecule has 0 saturated carbocycles. The average Bonchev–Trinajstić information content (AvgIpc) is 2.79. The lowest BCUT2D eigenvalue weighted by molar-refractivity contribution is -0.113. The Morgan fingerprint density at radius 3 is 2.35 bits per heavy atom. The summed E-state index contributed by atoms with van der Waals surface area (Å²) in [6.07, 6.45) is 0.634. The first-order valence-corrected chi connectivity index (χ1v) is 10.5. The monoisotopic (exact) mass is 413 g/mol. The quantitative estimate of drug-likeness (QED) is 0.605. The molecule has 0 bridgehead atoms. The SMILES string of the molecule is NC1=C(C(=O)Nc2cccc(OCc3ccccc3)c2)CCN(Cc2ccccc2)C1. The van der Waals surface area contributed by atoms with Crippen LogP contribution in [0.3, 0.4) is 0 Å². The number of hydrogen-bond donors (Lipinski definition) is 2. The van der Waals surface area contributed by atoms with Gasteiger partial charge in [0.25, 0.3) is 5.91 Å². The molecule has 0 radical (unpaired) electrons. The number of hydrogen-bond acceptors (Lipinski definition) is 4. The van der Waals surface area contributed by atoms with Crippen molar-refractivity contribution in [2.45, 2.75) is 19.6 Å². The highest BCUT2D eigenvalue weighted by molar-refractivity contribution is 6.04. The molecule has 0 unspecified atom stereocenters. The predicted octanol–water partition coefficient (Wildman–Crippen LogP) is 4.32. The van der Waals surface area contributed by atoms with Crippen molar-refractivity contribution in [1.82, 2.24) is 4.90 Å². The van der Waals surface area contributed by atoms with E-state index in [1.54, 1.807) is 0 Å². The lowest BCUT2D eigenvalue weighted by Crippen LogP contribution is -2.36. The van der Waals surface area contributed by atoms with E-state index in [-0.39, 0.29) is 5.91 Å². The standard InChI is InChI=1S/C26H27N3O2/c27-25-18-29(17-20-8-3-1-4-9-20)15-14-24(25)26(30)28-22-12-7-13-23(16-22)31-19-21-10-5-2-6-11-21/h1-13,16H,14-15,17-19,27H2,(H,28,30). The summed E-state index contributed by atoms with van der Waals surface area (Å²) in [5, 5.41) is 2.97. The second-order valence-electron chi connectivity index (χ2n) is 7.71. The molecule has 0 aliphatic carbocycles. The Labute approximate surface area is 183 Å². The van der Waals surface area contributed by atoms with Crippen LogP contribution in [-0.4, -0.2) is 23.9 Å². The number of anilines is 1. The minimum atomic E-state index is -0.142. The first-order valence-electron chi connectivity index (χ1n) is 10.5. The zero-order valence-electron chi connectivity index (χ0n) is 17.5. The van der Waals surface area contributed by atoms with Gasteiger partial charge in [0.05, 0.1) is 0 Å². The van der Waals surface area contributed by atoms with Gasteiger partial charge in [0, 0.05) is 42.7 Å². The van der Waals surface area contributed by atoms with Crippen LogP contribution < -0.4 is 15.8 Å². The fourth-order valence-electron chi connectivity index (χ4n) is 3.69. The van der Waals surface area contributed by atoms with Crippen LogP contribution in [0.15, 0.2) is 96.2 Å². The maximum Gasteiger partial charge on any atom is 0.253 e. The van der Waals surface area contributed by atoms with Crippen molar-refractivity contribution < 1.29 is 9.53 Å². The maximum absolute atomic E-state index is 12.8. The van der Waals surface area contributed by atoms with E-state index in [9.17, 15) is 4.79 Å². The molecule has 31 heavy (non-hydrogen) atoms. The van der Waals surface area contributed by atoms with E-state index in [0.717, 1.165) is 18.7 Å². The van der Waals surface area contributed by atoms with Gasteiger partial charge in [-0.2, -0.15) is 0 Å². The molecule has 0 spiro atoms. The minimum Gasteiger partial charge on any atom is -0.489 e. The highest BCUT2D eigenvalue weighted by Crippen LogP contribution is 2.22. The smallest absolute Gasteiger partial charge is 0.253 e. The molecule has 3 aromatic rings. The molecule has 5 heteroatoms. The van der Waals surface area contributed by atoms with E-state index in [1.807, 2.05) is 72.8 Å². The molecule has 1 amide bonds. The van der Waals surface area contributed by atoms with Gasteiger partial charge in [-0.25, -0.2) is 0 Å². The third-order valence-electron chi connectivity index (χ3n) is 5.32. The van der Waals surface area contributed by atoms with Crippen LogP contribution in [0.25, 0.3) is 0 Å². The molecule has 3 aromatic carbocycles. The molecule has 1 aliphatic rings. The van der Waals surface area contributed by atoms with Crippen LogP contribution in [0, 0.1) is 0 Å². The fraction of sp³-hybridized carbons (Fsp3) is 0.192. The van der Waals surface area contributed by atoms with E-state index in [4.69, 9.17) is 10.5 Å². The molecule has 0 fully saturated rings. The van der Waals surface area contributed by atoms with Gasteiger partial charge in [0.1, 0.15) is 12.4 Å². The van der Waals surface area contributed by atoms with Gasteiger partial charge in [-0.05, 0) is 29.7 Å². The summed E-state index contributed by atoms with van der Waals surface area (Å²) in [4.78, 5) is 15.1. The minimum absolute atomic E-state index is 0.142. The number of carbonyl (C=O) groups excluding carboxylic acids is 1. The van der Waals surface area contributed by atoms with Crippen LogP contribution in [0.2, 0.25) is 0 Å². The van der Waals surface area contributed by atoms with Gasteiger partial charge in [-0.1, -0.05) is 66.7 Å². The average molecular weight is 414 g/mol. The Morgan fingerprint density at radius 1 is 0.935 bits per heavy atom. The van der Waals surface area contributed by atoms with Gasteiger partial charge < -0.3 is 15.8 Å². The van der Waals surface area contributed by atoms with Crippen LogP contribution in [0.4, 0.5) is 5.69 Å². The van der Waals surface area contributed by atoms with E-state index in [2.05, 4.69) is 22.3 Å². The summed E-state index contributed by atoms with van der Waals surface area (Å²) in [6.45, 7) is 2.71. The first-order chi connectivity index (χ1) is 15.2. The molecule has 1 heterocycles. The molecule has 5 nitrogen and oxygen atoms in total. The number of benzene rings is 3. The molecule has 158 valence electrons. The number of carbonyl (C=O) groups is 1. The van der Waals surface area contributed by atoms with E-state index in [1.165, 1.54) is 5.56 Å². The van der Waals surface area contributed by atoms with Gasteiger partial charge in [0.15, 0.2) is 0 Å². The molecule has 4 rings (SSSR count). The summed E-state index contributed by atoms with van der Waals surface area (Å²) in [6, 6.07) is 27.7. The first kappa shape index (κ1) is 20.7. The predicted molar refractivity (Wildman–Crippen MR) is 123 cm³/mol. The van der Waals surface area contributed by atoms with Crippen molar-refractivity contribution in [3.8, 4) is 5.75 Å². The number of amides is 1. The topological polar surface area (TPSA) is 67.6 Å². The van der Waals surface area contributed by atoms with Crippen molar-refractivity contribution in [3.63, 3.8) is 0 Å². The van der Waals surface area contributed by atoms with Gasteiger partial charge in [-0.15, -0.1) is 0 Å². The number of nitrogens with one attached hydrogen (secondary N) is 1. The summed E-state index contributed by atoms with van der Waals surface area (Å²) in [5.74, 6) is 0.568. The molecule has 1 aliphatic heterocycles. The third kappa shape index (κ3) is 5.74. The Hall–Kier alpha value is -3.57. The highest BCUT2D eigenvalue weighted by Gasteiger charge is 2.22. The van der Waals surface area contributed by atoms with Crippen LogP contribution in [0.1, 0.15) is 17.5 Å². The number of ether oxygens (including phenoxy) is 1. The van der Waals surface area contributed by atoms with Gasteiger partial charge in [-0.3, -0.25) is 9.69 Å². The zero-order valence-corrected chi connectivity index (χ0v) is 17.5. The third-order valence-corrected chi connectivity index (χ3v) is 5.32. The summed E-state index contributed by atoms with van der Waals surface area (Å²) in [7, 11) is 0. The number of nitrogens with two attached hydrogens (primary N) is 1. The van der Waals surface area contributed by atoms with Crippen molar-refractivity contribution in [3.05, 3.63) is 107 Å². The van der Waals surface area contributed by atoms with Gasteiger partial charge >= 0.3 is 0 Å². The van der Waals surface area contributed by atoms with E-state index < -0.39 is 0 Å². The van der Waals surface area contributed by atoms with Crippen LogP contribution in [-0.2, 0) is 17.9 Å². The molecular weight excluding hydrogens is 386 g/mol. The van der Waals surface area contributed by atoms with Gasteiger partial charge in [0.2, 0.25) is 0 Å². The Balaban J connectivity index is 1.35. The number of nitrogens with zero attached hydrogens (tertiary/aromatic N) is 1. The van der Waals surface area contributed by atoms with Crippen molar-refractivity contribution in [2.75, 3.05) is 18.4 Å². The van der Waals surface area contributed by atoms with Crippen molar-refractivity contribution in [2.24, 2.45) is 5.73 Å². The summed E-state index contributed by atoms with van der Waals surface area (Å²) in [5.41, 5.74) is 10.6. The van der Waals surface area contributed by atoms with Crippen LogP contribution in [0.5, 0.6) is 5.75 Å². The summed E-state index contributed by atoms with van der Waals surface area (Å²) < 4.78 is 5.86. The van der Waals surface area contributed by atoms with E-state index >= 15 is 0 Å². The van der Waals surface area contributed by atoms with E-state index in [0.29, 0.717) is 42.3 Å². The van der Waals surface area contributed by atoms with Crippen LogP contribution >= 0.6 is 0 Å².